The highest BCUT2D eigenvalue weighted by atomic mass is 35.5. The molecular formula is C27H29ClN4O2. The lowest BCUT2D eigenvalue weighted by Gasteiger charge is -2.32. The first-order chi connectivity index (χ1) is 16.6. The number of nitrogens with zero attached hydrogens (tertiary/aromatic N) is 2. The molecule has 2 N–H and O–H groups in total. The average Bonchev–Trinajstić information content (AvgIpc) is 3.29. The molecule has 0 radical (unpaired) electrons. The van der Waals surface area contributed by atoms with E-state index in [0.717, 1.165) is 54.8 Å². The number of halogens is 1. The maximum Gasteiger partial charge on any atom is 0.252 e. The Bertz CT molecular complexity index is 1310. The van der Waals surface area contributed by atoms with Gasteiger partial charge in [0.1, 0.15) is 11.3 Å². The highest BCUT2D eigenvalue weighted by Crippen LogP contribution is 2.34. The van der Waals surface area contributed by atoms with Gasteiger partial charge in [0.15, 0.2) is 0 Å². The summed E-state index contributed by atoms with van der Waals surface area (Å²) in [5.74, 6) is 1.16. The SMILES string of the molecule is COc1cccc2c(C(=O)NCCCN3CCC(c4c[nH]c5ccc(Cl)cc45)CC3)ccnc12. The highest BCUT2D eigenvalue weighted by Gasteiger charge is 2.22. The second-order valence-electron chi connectivity index (χ2n) is 8.87. The van der Waals surface area contributed by atoms with Crippen LogP contribution in [0.25, 0.3) is 21.8 Å². The zero-order chi connectivity index (χ0) is 23.5. The molecule has 5 rings (SSSR count). The molecule has 1 aliphatic heterocycles. The monoisotopic (exact) mass is 476 g/mol. The van der Waals surface area contributed by atoms with Gasteiger partial charge in [-0.2, -0.15) is 0 Å². The van der Waals surface area contributed by atoms with E-state index in [1.165, 1.54) is 10.9 Å². The van der Waals surface area contributed by atoms with Gasteiger partial charge in [0.2, 0.25) is 0 Å². The molecule has 176 valence electrons. The van der Waals surface area contributed by atoms with E-state index in [-0.39, 0.29) is 5.91 Å². The average molecular weight is 477 g/mol. The predicted molar refractivity (Wildman–Crippen MR) is 137 cm³/mol. The Morgan fingerprint density at radius 1 is 1.21 bits per heavy atom. The molecular weight excluding hydrogens is 448 g/mol. The van der Waals surface area contributed by atoms with E-state index < -0.39 is 0 Å². The van der Waals surface area contributed by atoms with Crippen LogP contribution in [-0.2, 0) is 0 Å². The van der Waals surface area contributed by atoms with Crippen LogP contribution in [-0.4, -0.2) is 54.1 Å². The fourth-order valence-electron chi connectivity index (χ4n) is 5.03. The number of H-pyrrole nitrogens is 1. The van der Waals surface area contributed by atoms with Crippen molar-refractivity contribution in [2.75, 3.05) is 33.3 Å². The molecule has 7 heteroatoms. The van der Waals surface area contributed by atoms with Gasteiger partial charge < -0.3 is 19.9 Å². The maximum atomic E-state index is 12.8. The number of aromatic nitrogens is 2. The molecule has 0 aliphatic carbocycles. The fourth-order valence-corrected chi connectivity index (χ4v) is 5.20. The lowest BCUT2D eigenvalue weighted by molar-refractivity contribution is 0.0952. The van der Waals surface area contributed by atoms with Crippen LogP contribution in [0.3, 0.4) is 0 Å². The largest absolute Gasteiger partial charge is 0.494 e. The van der Waals surface area contributed by atoms with Crippen LogP contribution in [0.2, 0.25) is 5.02 Å². The van der Waals surface area contributed by atoms with Crippen LogP contribution in [0, 0.1) is 0 Å². The molecule has 2 aromatic carbocycles. The number of likely N-dealkylation sites (tertiary alicyclic amines) is 1. The van der Waals surface area contributed by atoms with Gasteiger partial charge in [0, 0.05) is 40.3 Å². The number of methoxy groups -OCH3 is 1. The van der Waals surface area contributed by atoms with E-state index >= 15 is 0 Å². The summed E-state index contributed by atoms with van der Waals surface area (Å²) in [5.41, 5.74) is 3.87. The molecule has 0 spiro atoms. The number of hydrogen-bond acceptors (Lipinski definition) is 4. The van der Waals surface area contributed by atoms with Gasteiger partial charge in [0.05, 0.1) is 12.7 Å². The summed E-state index contributed by atoms with van der Waals surface area (Å²) in [4.78, 5) is 23.1. The topological polar surface area (TPSA) is 70.2 Å². The van der Waals surface area contributed by atoms with Gasteiger partial charge in [-0.3, -0.25) is 9.78 Å². The number of carbonyl (C=O) groups excluding carboxylic acids is 1. The van der Waals surface area contributed by atoms with Crippen LogP contribution in [0.1, 0.15) is 41.1 Å². The molecule has 1 aliphatic rings. The number of ether oxygens (including phenoxy) is 1. The number of amides is 1. The van der Waals surface area contributed by atoms with Crippen molar-refractivity contribution in [1.29, 1.82) is 0 Å². The number of para-hydroxylation sites is 1. The van der Waals surface area contributed by atoms with Gasteiger partial charge in [-0.25, -0.2) is 0 Å². The van der Waals surface area contributed by atoms with E-state index in [0.29, 0.717) is 29.3 Å². The van der Waals surface area contributed by atoms with Crippen molar-refractivity contribution in [3.05, 3.63) is 71.0 Å². The smallest absolute Gasteiger partial charge is 0.252 e. The fraction of sp³-hybridized carbons (Fsp3) is 0.333. The molecule has 1 amide bonds. The second-order valence-corrected chi connectivity index (χ2v) is 9.31. The Morgan fingerprint density at radius 3 is 2.88 bits per heavy atom. The lowest BCUT2D eigenvalue weighted by Crippen LogP contribution is -2.35. The molecule has 0 unspecified atom stereocenters. The number of carbonyl (C=O) groups is 1. The van der Waals surface area contributed by atoms with Gasteiger partial charge in [-0.1, -0.05) is 23.7 Å². The van der Waals surface area contributed by atoms with Crippen LogP contribution < -0.4 is 10.1 Å². The van der Waals surface area contributed by atoms with Crippen LogP contribution >= 0.6 is 11.6 Å². The molecule has 0 bridgehead atoms. The van der Waals surface area contributed by atoms with Crippen molar-refractivity contribution in [2.45, 2.75) is 25.2 Å². The number of aromatic amines is 1. The van der Waals surface area contributed by atoms with Crippen LogP contribution in [0.15, 0.2) is 54.9 Å². The Hall–Kier alpha value is -3.09. The summed E-state index contributed by atoms with van der Waals surface area (Å²) in [6.45, 7) is 3.77. The lowest BCUT2D eigenvalue weighted by atomic mass is 9.89. The van der Waals surface area contributed by atoms with Gasteiger partial charge in [-0.15, -0.1) is 0 Å². The molecule has 0 saturated carbocycles. The zero-order valence-electron chi connectivity index (χ0n) is 19.3. The summed E-state index contributed by atoms with van der Waals surface area (Å²) < 4.78 is 5.38. The minimum absolute atomic E-state index is 0.0719. The van der Waals surface area contributed by atoms with Crippen molar-refractivity contribution in [2.24, 2.45) is 0 Å². The summed E-state index contributed by atoms with van der Waals surface area (Å²) >= 11 is 6.22. The third-order valence-corrected chi connectivity index (χ3v) is 7.07. The summed E-state index contributed by atoms with van der Waals surface area (Å²) in [5, 5.41) is 5.91. The van der Waals surface area contributed by atoms with Gasteiger partial charge in [0.25, 0.3) is 5.91 Å². The Kier molecular flexibility index (Phi) is 6.70. The van der Waals surface area contributed by atoms with E-state index in [2.05, 4.69) is 38.5 Å². The van der Waals surface area contributed by atoms with Crippen molar-refractivity contribution < 1.29 is 9.53 Å². The zero-order valence-corrected chi connectivity index (χ0v) is 20.1. The summed E-state index contributed by atoms with van der Waals surface area (Å²) in [6.07, 6.45) is 7.00. The number of piperidine rings is 1. The van der Waals surface area contributed by atoms with Gasteiger partial charge >= 0.3 is 0 Å². The molecule has 1 saturated heterocycles. The van der Waals surface area contributed by atoms with E-state index in [1.54, 1.807) is 19.4 Å². The third-order valence-electron chi connectivity index (χ3n) is 6.84. The third kappa shape index (κ3) is 4.61. The molecule has 2 aromatic heterocycles. The van der Waals surface area contributed by atoms with Crippen LogP contribution in [0.4, 0.5) is 0 Å². The molecule has 1 fully saturated rings. The number of rotatable bonds is 7. The van der Waals surface area contributed by atoms with Crippen molar-refractivity contribution in [3.8, 4) is 5.75 Å². The number of benzene rings is 2. The quantitative estimate of drug-likeness (QED) is 0.351. The number of fused-ring (bicyclic) bond motifs is 2. The maximum absolute atomic E-state index is 12.8. The first-order valence-electron chi connectivity index (χ1n) is 11.8. The standard InChI is InChI=1S/C27H29ClN4O2/c1-34-25-5-2-4-20-21(8-12-29-26(20)25)27(33)30-11-3-13-32-14-9-18(10-15-32)23-17-31-24-7-6-19(28)16-22(23)24/h2,4-8,12,16-18,31H,3,9-11,13-15H2,1H3,(H,30,33). The van der Waals surface area contributed by atoms with Crippen molar-refractivity contribution in [1.82, 2.24) is 20.2 Å². The minimum atomic E-state index is -0.0719. The van der Waals surface area contributed by atoms with Crippen molar-refractivity contribution >= 4 is 39.3 Å². The summed E-state index contributed by atoms with van der Waals surface area (Å²) in [6, 6.07) is 13.5. The minimum Gasteiger partial charge on any atom is -0.494 e. The summed E-state index contributed by atoms with van der Waals surface area (Å²) in [7, 11) is 1.61. The molecule has 0 atom stereocenters. The first-order valence-corrected chi connectivity index (χ1v) is 12.2. The Labute approximate surface area is 204 Å². The van der Waals surface area contributed by atoms with Crippen molar-refractivity contribution in [3.63, 3.8) is 0 Å². The molecule has 6 nitrogen and oxygen atoms in total. The molecule has 3 heterocycles. The molecule has 4 aromatic rings. The number of pyridine rings is 1. The Balaban J connectivity index is 1.11. The highest BCUT2D eigenvalue weighted by molar-refractivity contribution is 6.31. The first kappa shape index (κ1) is 22.7. The van der Waals surface area contributed by atoms with E-state index in [4.69, 9.17) is 16.3 Å². The van der Waals surface area contributed by atoms with Crippen LogP contribution in [0.5, 0.6) is 5.75 Å². The number of nitrogens with one attached hydrogen (secondary N) is 2. The molecule has 34 heavy (non-hydrogen) atoms. The Morgan fingerprint density at radius 2 is 2.06 bits per heavy atom. The normalized spacial score (nSPS) is 15.1. The van der Waals surface area contributed by atoms with E-state index in [9.17, 15) is 4.79 Å². The second kappa shape index (κ2) is 10.0. The van der Waals surface area contributed by atoms with E-state index in [1.807, 2.05) is 24.3 Å². The predicted octanol–water partition coefficient (Wildman–Crippen LogP) is 5.38. The number of hydrogen-bond donors (Lipinski definition) is 2. The van der Waals surface area contributed by atoms with Gasteiger partial charge in [-0.05, 0) is 80.7 Å².